The lowest BCUT2D eigenvalue weighted by atomic mass is 10.0. The molecule has 1 aliphatic rings. The first-order valence-corrected chi connectivity index (χ1v) is 6.62. The highest BCUT2D eigenvalue weighted by Crippen LogP contribution is 2.27. The molecule has 20 heavy (non-hydrogen) atoms. The molecule has 1 N–H and O–H groups in total. The van der Waals surface area contributed by atoms with Crippen LogP contribution in [0, 0.1) is 6.92 Å². The number of aromatic nitrogens is 2. The normalized spacial score (nSPS) is 15.0. The second kappa shape index (κ2) is 5.13. The van der Waals surface area contributed by atoms with Crippen LogP contribution in [0.5, 0.6) is 0 Å². The number of hydrogen-bond acceptors (Lipinski definition) is 4. The molecule has 1 aromatic heterocycles. The summed E-state index contributed by atoms with van der Waals surface area (Å²) in [4.78, 5) is 17.9. The van der Waals surface area contributed by atoms with Crippen molar-refractivity contribution in [3.8, 4) is 0 Å². The summed E-state index contributed by atoms with van der Waals surface area (Å²) < 4.78 is 5.09. The second-order valence-corrected chi connectivity index (χ2v) is 5.10. The molecule has 0 aliphatic carbocycles. The number of likely N-dealkylation sites (tertiary alicyclic amines) is 1. The smallest absolute Gasteiger partial charge is 0.321 e. The van der Waals surface area contributed by atoms with Gasteiger partial charge in [0, 0.05) is 13.1 Å². The minimum atomic E-state index is -0.175. The summed E-state index contributed by atoms with van der Waals surface area (Å²) >= 11 is 6.00. The molecule has 1 aromatic carbocycles. The minimum Gasteiger partial charge on any atom is -0.339 e. The molecule has 1 saturated heterocycles. The van der Waals surface area contributed by atoms with Crippen LogP contribution < -0.4 is 5.32 Å². The zero-order valence-corrected chi connectivity index (χ0v) is 11.6. The monoisotopic (exact) mass is 292 g/mol. The molecule has 2 heterocycles. The molecular weight excluding hydrogens is 280 g/mol. The van der Waals surface area contributed by atoms with Gasteiger partial charge >= 0.3 is 6.03 Å². The van der Waals surface area contributed by atoms with Crippen molar-refractivity contribution in [2.75, 3.05) is 18.4 Å². The van der Waals surface area contributed by atoms with Crippen molar-refractivity contribution < 1.29 is 9.32 Å². The molecule has 2 amide bonds. The quantitative estimate of drug-likeness (QED) is 0.923. The lowest BCUT2D eigenvalue weighted by Gasteiger charge is -2.36. The summed E-state index contributed by atoms with van der Waals surface area (Å²) in [6.07, 6.45) is 0. The number of nitrogens with zero attached hydrogens (tertiary/aromatic N) is 3. The number of anilines is 1. The molecule has 1 aliphatic heterocycles. The molecule has 1 fully saturated rings. The van der Waals surface area contributed by atoms with E-state index >= 15 is 0 Å². The van der Waals surface area contributed by atoms with Gasteiger partial charge in [-0.05, 0) is 19.1 Å². The summed E-state index contributed by atoms with van der Waals surface area (Å²) in [7, 11) is 0. The number of urea groups is 1. The minimum absolute atomic E-state index is 0.119. The third-order valence-corrected chi connectivity index (χ3v) is 3.51. The number of nitrogens with one attached hydrogen (secondary N) is 1. The van der Waals surface area contributed by atoms with Crippen LogP contribution >= 0.6 is 11.6 Å². The largest absolute Gasteiger partial charge is 0.339 e. The Hall–Kier alpha value is -2.08. The van der Waals surface area contributed by atoms with E-state index in [-0.39, 0.29) is 11.9 Å². The predicted octanol–water partition coefficient (Wildman–Crippen LogP) is 2.66. The molecule has 2 aromatic rings. The van der Waals surface area contributed by atoms with Gasteiger partial charge in [-0.2, -0.15) is 4.98 Å². The molecular formula is C13H13ClN4O2. The molecule has 6 nitrogen and oxygen atoms in total. The molecule has 7 heteroatoms. The maximum absolute atomic E-state index is 12.0. The summed E-state index contributed by atoms with van der Waals surface area (Å²) in [5, 5.41) is 7.04. The van der Waals surface area contributed by atoms with Gasteiger partial charge in [0.25, 0.3) is 0 Å². The lowest BCUT2D eigenvalue weighted by molar-refractivity contribution is 0.147. The molecule has 104 valence electrons. The number of hydrogen-bond donors (Lipinski definition) is 1. The first-order chi connectivity index (χ1) is 9.63. The zero-order valence-electron chi connectivity index (χ0n) is 10.8. The summed E-state index contributed by atoms with van der Waals surface area (Å²) in [5.41, 5.74) is 0.608. The van der Waals surface area contributed by atoms with Gasteiger partial charge in [0.1, 0.15) is 0 Å². The Morgan fingerprint density at radius 1 is 1.45 bits per heavy atom. The molecule has 0 spiro atoms. The third kappa shape index (κ3) is 2.46. The Bertz CT molecular complexity index is 637. The van der Waals surface area contributed by atoms with Crippen molar-refractivity contribution in [1.29, 1.82) is 0 Å². The molecule has 0 unspecified atom stereocenters. The summed E-state index contributed by atoms with van der Waals surface area (Å²) in [6, 6.07) is 6.96. The van der Waals surface area contributed by atoms with Crippen molar-refractivity contribution in [2.45, 2.75) is 12.8 Å². The Labute approximate surface area is 120 Å². The van der Waals surface area contributed by atoms with Crippen LogP contribution in [0.2, 0.25) is 5.02 Å². The van der Waals surface area contributed by atoms with E-state index in [9.17, 15) is 4.79 Å². The number of aryl methyl sites for hydroxylation is 1. The van der Waals surface area contributed by atoms with Gasteiger partial charge in [-0.25, -0.2) is 4.79 Å². The average molecular weight is 293 g/mol. The van der Waals surface area contributed by atoms with Crippen molar-refractivity contribution >= 4 is 23.3 Å². The third-order valence-electron chi connectivity index (χ3n) is 3.18. The fraction of sp³-hybridized carbons (Fsp3) is 0.308. The maximum atomic E-state index is 12.0. The lowest BCUT2D eigenvalue weighted by Crippen LogP contribution is -2.50. The van der Waals surface area contributed by atoms with E-state index in [0.29, 0.717) is 35.5 Å². The maximum Gasteiger partial charge on any atom is 0.321 e. The van der Waals surface area contributed by atoms with Gasteiger partial charge in [-0.1, -0.05) is 28.9 Å². The van der Waals surface area contributed by atoms with Crippen LogP contribution in [0.25, 0.3) is 0 Å². The van der Waals surface area contributed by atoms with Crippen LogP contribution in [-0.2, 0) is 0 Å². The number of carbonyl (C=O) groups is 1. The van der Waals surface area contributed by atoms with E-state index in [1.165, 1.54) is 0 Å². The number of halogens is 1. The molecule has 0 atom stereocenters. The van der Waals surface area contributed by atoms with E-state index in [4.69, 9.17) is 16.1 Å². The average Bonchev–Trinajstić information content (AvgIpc) is 2.77. The van der Waals surface area contributed by atoms with E-state index in [2.05, 4.69) is 15.5 Å². The van der Waals surface area contributed by atoms with Gasteiger partial charge in [-0.15, -0.1) is 0 Å². The Balaban J connectivity index is 1.57. The van der Waals surface area contributed by atoms with Crippen LogP contribution in [0.15, 0.2) is 28.8 Å². The number of benzene rings is 1. The van der Waals surface area contributed by atoms with E-state index in [1.807, 2.05) is 12.1 Å². The number of carbonyl (C=O) groups excluding carboxylic acids is 1. The van der Waals surface area contributed by atoms with Crippen LogP contribution in [0.3, 0.4) is 0 Å². The fourth-order valence-electron chi connectivity index (χ4n) is 2.04. The van der Waals surface area contributed by atoms with Crippen molar-refractivity contribution in [3.05, 3.63) is 41.0 Å². The summed E-state index contributed by atoms with van der Waals surface area (Å²) in [5.74, 6) is 1.32. The van der Waals surface area contributed by atoms with Gasteiger partial charge in [0.05, 0.1) is 16.6 Å². The molecule has 3 rings (SSSR count). The van der Waals surface area contributed by atoms with E-state index in [1.54, 1.807) is 24.0 Å². The standard InChI is InChI=1S/C13H13ClN4O2/c1-8-15-12(20-17-8)9-6-18(7-9)13(19)16-11-5-3-2-4-10(11)14/h2-5,9H,6-7H2,1H3,(H,16,19). The topological polar surface area (TPSA) is 71.3 Å². The van der Waals surface area contributed by atoms with Crippen molar-refractivity contribution in [1.82, 2.24) is 15.0 Å². The zero-order chi connectivity index (χ0) is 14.1. The van der Waals surface area contributed by atoms with Crippen LogP contribution in [0.1, 0.15) is 17.6 Å². The van der Waals surface area contributed by atoms with Gasteiger partial charge in [-0.3, -0.25) is 0 Å². The first-order valence-electron chi connectivity index (χ1n) is 6.24. The van der Waals surface area contributed by atoms with Crippen molar-refractivity contribution in [3.63, 3.8) is 0 Å². The molecule has 0 bridgehead atoms. The van der Waals surface area contributed by atoms with Gasteiger partial charge in [0.15, 0.2) is 5.82 Å². The Morgan fingerprint density at radius 2 is 2.20 bits per heavy atom. The highest BCUT2D eigenvalue weighted by molar-refractivity contribution is 6.33. The Kier molecular flexibility index (Phi) is 3.31. The van der Waals surface area contributed by atoms with Crippen molar-refractivity contribution in [2.24, 2.45) is 0 Å². The van der Waals surface area contributed by atoms with E-state index < -0.39 is 0 Å². The first kappa shape index (κ1) is 12.9. The van der Waals surface area contributed by atoms with Crippen LogP contribution in [0.4, 0.5) is 10.5 Å². The highest BCUT2D eigenvalue weighted by atomic mass is 35.5. The van der Waals surface area contributed by atoms with Crippen LogP contribution in [-0.4, -0.2) is 34.2 Å². The molecule has 0 saturated carbocycles. The molecule has 0 radical (unpaired) electrons. The van der Waals surface area contributed by atoms with E-state index in [0.717, 1.165) is 0 Å². The number of rotatable bonds is 2. The number of para-hydroxylation sites is 1. The second-order valence-electron chi connectivity index (χ2n) is 4.69. The highest BCUT2D eigenvalue weighted by Gasteiger charge is 2.35. The fourth-order valence-corrected chi connectivity index (χ4v) is 2.22. The Morgan fingerprint density at radius 3 is 2.85 bits per heavy atom. The predicted molar refractivity (Wildman–Crippen MR) is 73.8 cm³/mol. The summed E-state index contributed by atoms with van der Waals surface area (Å²) in [6.45, 7) is 2.91. The van der Waals surface area contributed by atoms with Gasteiger partial charge in [0.2, 0.25) is 5.89 Å². The SMILES string of the molecule is Cc1noc(C2CN(C(=O)Nc3ccccc3Cl)C2)n1. The van der Waals surface area contributed by atoms with Gasteiger partial charge < -0.3 is 14.7 Å². The number of amides is 2.